The fraction of sp³-hybridized carbons (Fsp3) is 0.333. The van der Waals surface area contributed by atoms with E-state index in [4.69, 9.17) is 9.47 Å². The van der Waals surface area contributed by atoms with E-state index < -0.39 is 0 Å². The van der Waals surface area contributed by atoms with Crippen LogP contribution in [0.1, 0.15) is 20.8 Å². The number of carbonyl (C=O) groups excluding carboxylic acids is 1. The van der Waals surface area contributed by atoms with Crippen LogP contribution in [0.25, 0.3) is 10.2 Å². The predicted octanol–water partition coefficient (Wildman–Crippen LogP) is 3.71. The zero-order valence-electron chi connectivity index (χ0n) is 21.2. The number of piperazine rings is 1. The van der Waals surface area contributed by atoms with Crippen molar-refractivity contribution in [3.05, 3.63) is 64.9 Å². The molecule has 37 heavy (non-hydrogen) atoms. The maximum Gasteiger partial charge on any atom is 0.261 e. The first-order valence-corrected chi connectivity index (χ1v) is 13.0. The number of benzene rings is 1. The molecule has 1 aliphatic rings. The molecule has 3 aromatic heterocycles. The summed E-state index contributed by atoms with van der Waals surface area (Å²) in [5, 5.41) is 4.02. The molecule has 0 bridgehead atoms. The molecule has 0 aliphatic carbocycles. The van der Waals surface area contributed by atoms with Gasteiger partial charge in [-0.2, -0.15) is 0 Å². The fourth-order valence-corrected chi connectivity index (χ4v) is 5.69. The monoisotopic (exact) mass is 518 g/mol. The zero-order chi connectivity index (χ0) is 25.8. The van der Waals surface area contributed by atoms with E-state index in [1.54, 1.807) is 20.5 Å². The van der Waals surface area contributed by atoms with Gasteiger partial charge in [0.15, 0.2) is 11.5 Å². The highest BCUT2D eigenvalue weighted by Gasteiger charge is 2.25. The molecule has 0 saturated carbocycles. The molecule has 1 aromatic carbocycles. The summed E-state index contributed by atoms with van der Waals surface area (Å²) < 4.78 is 10.7. The Balaban J connectivity index is 1.27. The molecule has 0 atom stereocenters. The Morgan fingerprint density at radius 1 is 1.00 bits per heavy atom. The van der Waals surface area contributed by atoms with Gasteiger partial charge < -0.3 is 24.6 Å². The SMILES string of the molecule is COc1ccc(CCNC(=O)c2sc3ncnc(N4CCN(c5ccccn5)CC4)c3c2C)cc1OC. The summed E-state index contributed by atoms with van der Waals surface area (Å²) in [6, 6.07) is 11.8. The molecule has 0 radical (unpaired) electrons. The van der Waals surface area contributed by atoms with Gasteiger partial charge in [-0.05, 0) is 48.7 Å². The van der Waals surface area contributed by atoms with Crippen LogP contribution in [0.5, 0.6) is 11.5 Å². The number of fused-ring (bicyclic) bond motifs is 1. The van der Waals surface area contributed by atoms with Gasteiger partial charge in [-0.1, -0.05) is 12.1 Å². The van der Waals surface area contributed by atoms with Crippen LogP contribution in [0, 0.1) is 6.92 Å². The van der Waals surface area contributed by atoms with Crippen molar-refractivity contribution >= 4 is 39.1 Å². The molecule has 4 aromatic rings. The maximum atomic E-state index is 13.1. The van der Waals surface area contributed by atoms with Crippen molar-refractivity contribution in [2.45, 2.75) is 13.3 Å². The molecule has 4 heterocycles. The Hall–Kier alpha value is -3.92. The van der Waals surface area contributed by atoms with E-state index >= 15 is 0 Å². The Kier molecular flexibility index (Phi) is 7.36. The number of carbonyl (C=O) groups is 1. The zero-order valence-corrected chi connectivity index (χ0v) is 22.0. The molecule has 1 amide bonds. The van der Waals surface area contributed by atoms with Gasteiger partial charge in [0.05, 0.1) is 24.5 Å². The molecule has 10 heteroatoms. The minimum Gasteiger partial charge on any atom is -0.493 e. The minimum atomic E-state index is -0.0908. The minimum absolute atomic E-state index is 0.0908. The Labute approximate surface area is 220 Å². The van der Waals surface area contributed by atoms with Crippen LogP contribution in [0.2, 0.25) is 0 Å². The van der Waals surface area contributed by atoms with Gasteiger partial charge in [-0.3, -0.25) is 4.79 Å². The number of hydrogen-bond acceptors (Lipinski definition) is 9. The number of methoxy groups -OCH3 is 2. The Bertz CT molecular complexity index is 1390. The third-order valence-corrected chi connectivity index (χ3v) is 7.81. The lowest BCUT2D eigenvalue weighted by Gasteiger charge is -2.36. The Morgan fingerprint density at radius 3 is 2.51 bits per heavy atom. The predicted molar refractivity (Wildman–Crippen MR) is 146 cm³/mol. The first-order chi connectivity index (χ1) is 18.1. The molecule has 5 rings (SSSR count). The lowest BCUT2D eigenvalue weighted by atomic mass is 10.1. The highest BCUT2D eigenvalue weighted by atomic mass is 32.1. The summed E-state index contributed by atoms with van der Waals surface area (Å²) in [6.07, 6.45) is 4.10. The number of hydrogen-bond donors (Lipinski definition) is 1. The van der Waals surface area contributed by atoms with Crippen molar-refractivity contribution in [1.29, 1.82) is 0 Å². The van der Waals surface area contributed by atoms with Crippen LogP contribution in [-0.2, 0) is 6.42 Å². The van der Waals surface area contributed by atoms with Crippen LogP contribution < -0.4 is 24.6 Å². The molecule has 1 aliphatic heterocycles. The summed E-state index contributed by atoms with van der Waals surface area (Å²) in [5.74, 6) is 3.16. The van der Waals surface area contributed by atoms with Gasteiger partial charge in [0.25, 0.3) is 5.91 Å². The normalized spacial score (nSPS) is 13.6. The number of pyridine rings is 1. The average molecular weight is 519 g/mol. The van der Waals surface area contributed by atoms with E-state index in [1.807, 2.05) is 49.5 Å². The highest BCUT2D eigenvalue weighted by Crippen LogP contribution is 2.35. The van der Waals surface area contributed by atoms with Crippen LogP contribution in [0.15, 0.2) is 48.9 Å². The molecule has 0 spiro atoms. The van der Waals surface area contributed by atoms with E-state index in [9.17, 15) is 4.79 Å². The molecule has 1 fully saturated rings. The van der Waals surface area contributed by atoms with Gasteiger partial charge >= 0.3 is 0 Å². The number of aromatic nitrogens is 3. The molecular formula is C27H30N6O3S. The van der Waals surface area contributed by atoms with Crippen molar-refractivity contribution in [3.8, 4) is 11.5 Å². The van der Waals surface area contributed by atoms with Crippen molar-refractivity contribution in [2.24, 2.45) is 0 Å². The molecular weight excluding hydrogens is 488 g/mol. The van der Waals surface area contributed by atoms with Gasteiger partial charge in [0.2, 0.25) is 0 Å². The molecule has 9 nitrogen and oxygen atoms in total. The first-order valence-electron chi connectivity index (χ1n) is 12.2. The van der Waals surface area contributed by atoms with Crippen LogP contribution in [0.4, 0.5) is 11.6 Å². The van der Waals surface area contributed by atoms with Crippen LogP contribution in [0.3, 0.4) is 0 Å². The van der Waals surface area contributed by atoms with Crippen LogP contribution in [-0.4, -0.2) is 67.8 Å². The van der Waals surface area contributed by atoms with Gasteiger partial charge in [0, 0.05) is 38.9 Å². The number of ether oxygens (including phenoxy) is 2. The second kappa shape index (κ2) is 11.0. The van der Waals surface area contributed by atoms with Gasteiger partial charge in [0.1, 0.15) is 22.8 Å². The maximum absolute atomic E-state index is 13.1. The number of thiophene rings is 1. The summed E-state index contributed by atoms with van der Waals surface area (Å²) in [5.41, 5.74) is 1.98. The molecule has 1 N–H and O–H groups in total. The fourth-order valence-electron chi connectivity index (χ4n) is 4.63. The van der Waals surface area contributed by atoms with Gasteiger partial charge in [-0.15, -0.1) is 11.3 Å². The smallest absolute Gasteiger partial charge is 0.261 e. The van der Waals surface area contributed by atoms with Gasteiger partial charge in [-0.25, -0.2) is 15.0 Å². The van der Waals surface area contributed by atoms with E-state index in [0.29, 0.717) is 29.3 Å². The number of aryl methyl sites for hydroxylation is 1. The summed E-state index contributed by atoms with van der Waals surface area (Å²) in [6.45, 7) is 5.86. The lowest BCUT2D eigenvalue weighted by Crippen LogP contribution is -2.47. The average Bonchev–Trinajstić information content (AvgIpc) is 3.30. The number of amides is 1. The summed E-state index contributed by atoms with van der Waals surface area (Å²) >= 11 is 1.42. The second-order valence-electron chi connectivity index (χ2n) is 8.79. The van der Waals surface area contributed by atoms with Crippen molar-refractivity contribution in [1.82, 2.24) is 20.3 Å². The largest absolute Gasteiger partial charge is 0.493 e. The van der Waals surface area contributed by atoms with E-state index in [2.05, 4.69) is 30.1 Å². The molecule has 192 valence electrons. The van der Waals surface area contributed by atoms with E-state index in [0.717, 1.165) is 59.2 Å². The third-order valence-electron chi connectivity index (χ3n) is 6.61. The number of nitrogens with zero attached hydrogens (tertiary/aromatic N) is 5. The molecule has 1 saturated heterocycles. The topological polar surface area (TPSA) is 92.7 Å². The Morgan fingerprint density at radius 2 is 1.78 bits per heavy atom. The third kappa shape index (κ3) is 5.15. The summed E-state index contributed by atoms with van der Waals surface area (Å²) in [4.78, 5) is 32.8. The highest BCUT2D eigenvalue weighted by molar-refractivity contribution is 7.20. The number of anilines is 2. The lowest BCUT2D eigenvalue weighted by molar-refractivity contribution is 0.0957. The quantitative estimate of drug-likeness (QED) is 0.377. The summed E-state index contributed by atoms with van der Waals surface area (Å²) in [7, 11) is 3.23. The van der Waals surface area contributed by atoms with E-state index in [1.165, 1.54) is 11.3 Å². The standard InChI is InChI=1S/C27H30N6O3S/c1-18-23-25(33-14-12-32(13-15-33)22-6-4-5-10-28-22)30-17-31-27(23)37-24(18)26(34)29-11-9-19-7-8-20(35-2)21(16-19)36-3/h4-8,10,16-17H,9,11-15H2,1-3H3,(H,29,34). The number of rotatable bonds is 8. The first kappa shape index (κ1) is 24.8. The number of nitrogens with one attached hydrogen (secondary N) is 1. The van der Waals surface area contributed by atoms with E-state index in [-0.39, 0.29) is 5.91 Å². The van der Waals surface area contributed by atoms with Crippen molar-refractivity contribution in [2.75, 3.05) is 56.7 Å². The van der Waals surface area contributed by atoms with Crippen LogP contribution >= 0.6 is 11.3 Å². The molecule has 0 unspecified atom stereocenters. The van der Waals surface area contributed by atoms with Crippen molar-refractivity contribution in [3.63, 3.8) is 0 Å². The van der Waals surface area contributed by atoms with Crippen molar-refractivity contribution < 1.29 is 14.3 Å². The second-order valence-corrected chi connectivity index (χ2v) is 9.79.